The Kier molecular flexibility index (Phi) is 3.25. The Hall–Kier alpha value is -1.35. The van der Waals surface area contributed by atoms with Gasteiger partial charge in [-0.15, -0.1) is 4.68 Å². The number of rotatable bonds is 3. The van der Waals surface area contributed by atoms with Crippen molar-refractivity contribution >= 4 is 11.6 Å². The number of hydrogen-bond donors (Lipinski definition) is 1. The molecule has 0 unspecified atom stereocenters. The van der Waals surface area contributed by atoms with Gasteiger partial charge in [-0.05, 0) is 30.5 Å². The number of nitrogens with zero attached hydrogens (tertiary/aromatic N) is 2. The minimum atomic E-state index is 0.598. The maximum absolute atomic E-state index is 6.03. The fraction of sp³-hybridized carbons (Fsp3) is 0.333. The quantitative estimate of drug-likeness (QED) is 0.817. The van der Waals surface area contributed by atoms with E-state index in [1.807, 2.05) is 29.1 Å². The monoisotopic (exact) mass is 236 g/mol. The molecule has 2 rings (SSSR count). The fourth-order valence-electron chi connectivity index (χ4n) is 1.76. The largest absolute Gasteiger partial charge is 0.206 e. The van der Waals surface area contributed by atoms with Crippen LogP contribution in [0.1, 0.15) is 19.4 Å². The first-order chi connectivity index (χ1) is 7.66. The summed E-state index contributed by atoms with van der Waals surface area (Å²) in [6.07, 6.45) is 4.63. The molecule has 1 N–H and O–H groups in total. The molecule has 0 saturated heterocycles. The molecule has 3 nitrogen and oxygen atoms in total. The van der Waals surface area contributed by atoms with Crippen LogP contribution in [0.3, 0.4) is 0 Å². The van der Waals surface area contributed by atoms with Gasteiger partial charge in [-0.1, -0.05) is 30.7 Å². The van der Waals surface area contributed by atoms with E-state index in [1.54, 1.807) is 6.20 Å². The SMILES string of the molecule is CC(C)Cc1cc(Cl)ccc1-[n+]1ccn[nH]1. The van der Waals surface area contributed by atoms with Gasteiger partial charge in [0.2, 0.25) is 6.20 Å². The third kappa shape index (κ3) is 2.42. The van der Waals surface area contributed by atoms with Crippen molar-refractivity contribution in [3.63, 3.8) is 0 Å². The summed E-state index contributed by atoms with van der Waals surface area (Å²) in [5.74, 6) is 0.598. The molecule has 0 fully saturated rings. The third-order valence-corrected chi connectivity index (χ3v) is 2.62. The van der Waals surface area contributed by atoms with Crippen LogP contribution in [0.2, 0.25) is 5.02 Å². The zero-order chi connectivity index (χ0) is 11.5. The number of H-pyrrole nitrogens is 1. The second-order valence-corrected chi connectivity index (χ2v) is 4.70. The highest BCUT2D eigenvalue weighted by Crippen LogP contribution is 2.18. The van der Waals surface area contributed by atoms with Gasteiger partial charge >= 0.3 is 0 Å². The Labute approximate surface area is 100 Å². The molecule has 1 aromatic heterocycles. The molecule has 0 aliphatic rings. The third-order valence-electron chi connectivity index (χ3n) is 2.38. The van der Waals surface area contributed by atoms with Crippen LogP contribution in [0.25, 0.3) is 5.69 Å². The summed E-state index contributed by atoms with van der Waals surface area (Å²) in [7, 11) is 0. The van der Waals surface area contributed by atoms with Crippen molar-refractivity contribution < 1.29 is 4.68 Å². The summed E-state index contributed by atoms with van der Waals surface area (Å²) < 4.78 is 1.90. The number of aromatic amines is 1. The molecule has 0 aliphatic heterocycles. The van der Waals surface area contributed by atoms with Crippen molar-refractivity contribution in [3.8, 4) is 5.69 Å². The van der Waals surface area contributed by atoms with E-state index < -0.39 is 0 Å². The van der Waals surface area contributed by atoms with Crippen molar-refractivity contribution in [2.45, 2.75) is 20.3 Å². The van der Waals surface area contributed by atoms with Gasteiger partial charge in [-0.3, -0.25) is 0 Å². The summed E-state index contributed by atoms with van der Waals surface area (Å²) in [6.45, 7) is 4.39. The van der Waals surface area contributed by atoms with E-state index in [-0.39, 0.29) is 0 Å². The molecular weight excluding hydrogens is 222 g/mol. The maximum Gasteiger partial charge on any atom is 0.206 e. The summed E-state index contributed by atoms with van der Waals surface area (Å²) in [4.78, 5) is 0. The van der Waals surface area contributed by atoms with Crippen LogP contribution in [-0.4, -0.2) is 10.3 Å². The lowest BCUT2D eigenvalue weighted by Crippen LogP contribution is -2.33. The van der Waals surface area contributed by atoms with Crippen molar-refractivity contribution in [1.82, 2.24) is 10.3 Å². The van der Waals surface area contributed by atoms with Crippen LogP contribution in [0.4, 0.5) is 0 Å². The van der Waals surface area contributed by atoms with Gasteiger partial charge in [0, 0.05) is 15.7 Å². The second-order valence-electron chi connectivity index (χ2n) is 4.27. The first-order valence-corrected chi connectivity index (χ1v) is 5.74. The first kappa shape index (κ1) is 11.1. The number of aromatic nitrogens is 3. The molecule has 4 heteroatoms. The topological polar surface area (TPSA) is 32.6 Å². The minimum absolute atomic E-state index is 0.598. The van der Waals surface area contributed by atoms with Gasteiger partial charge in [0.15, 0.2) is 11.9 Å². The van der Waals surface area contributed by atoms with Crippen LogP contribution in [-0.2, 0) is 6.42 Å². The average molecular weight is 237 g/mol. The molecular formula is C12H15ClN3+. The molecule has 0 atom stereocenters. The van der Waals surface area contributed by atoms with Crippen LogP contribution in [0.5, 0.6) is 0 Å². The smallest absolute Gasteiger partial charge is 0.128 e. The Morgan fingerprint density at radius 2 is 2.25 bits per heavy atom. The van der Waals surface area contributed by atoms with Gasteiger partial charge in [0.25, 0.3) is 0 Å². The average Bonchev–Trinajstić information content (AvgIpc) is 2.69. The van der Waals surface area contributed by atoms with Crippen molar-refractivity contribution in [2.24, 2.45) is 5.92 Å². The summed E-state index contributed by atoms with van der Waals surface area (Å²) >= 11 is 6.03. The van der Waals surface area contributed by atoms with E-state index in [9.17, 15) is 0 Å². The molecule has 0 saturated carbocycles. The van der Waals surface area contributed by atoms with E-state index in [2.05, 4.69) is 24.2 Å². The molecule has 84 valence electrons. The molecule has 1 heterocycles. The van der Waals surface area contributed by atoms with Crippen molar-refractivity contribution in [1.29, 1.82) is 0 Å². The lowest BCUT2D eigenvalue weighted by atomic mass is 10.0. The van der Waals surface area contributed by atoms with E-state index >= 15 is 0 Å². The van der Waals surface area contributed by atoms with Gasteiger partial charge in [-0.25, -0.2) is 0 Å². The highest BCUT2D eigenvalue weighted by Gasteiger charge is 2.12. The maximum atomic E-state index is 6.03. The zero-order valence-electron chi connectivity index (χ0n) is 9.44. The van der Waals surface area contributed by atoms with Crippen LogP contribution < -0.4 is 4.68 Å². The Morgan fingerprint density at radius 1 is 1.44 bits per heavy atom. The molecule has 16 heavy (non-hydrogen) atoms. The first-order valence-electron chi connectivity index (χ1n) is 5.36. The standard InChI is InChI=1S/C12H14ClN3/c1-9(2)7-10-8-11(13)3-4-12(10)16-6-5-14-15-16/h3-6,8-9H,7H2,1-2H3/p+1. The summed E-state index contributed by atoms with van der Waals surface area (Å²) in [5, 5.41) is 7.63. The second kappa shape index (κ2) is 4.66. The zero-order valence-corrected chi connectivity index (χ0v) is 10.2. The lowest BCUT2D eigenvalue weighted by molar-refractivity contribution is -0.660. The molecule has 0 radical (unpaired) electrons. The highest BCUT2D eigenvalue weighted by atomic mass is 35.5. The van der Waals surface area contributed by atoms with E-state index in [0.717, 1.165) is 17.1 Å². The van der Waals surface area contributed by atoms with E-state index in [1.165, 1.54) is 5.56 Å². The fourth-order valence-corrected chi connectivity index (χ4v) is 1.95. The number of nitrogens with one attached hydrogen (secondary N) is 1. The molecule has 0 bridgehead atoms. The Bertz CT molecular complexity index is 463. The minimum Gasteiger partial charge on any atom is -0.128 e. The van der Waals surface area contributed by atoms with Crippen molar-refractivity contribution in [3.05, 3.63) is 41.2 Å². The molecule has 0 spiro atoms. The van der Waals surface area contributed by atoms with E-state index in [0.29, 0.717) is 5.92 Å². The predicted octanol–water partition coefficient (Wildman–Crippen LogP) is 2.54. The highest BCUT2D eigenvalue weighted by molar-refractivity contribution is 6.30. The molecule has 2 aromatic rings. The van der Waals surface area contributed by atoms with Crippen LogP contribution in [0, 0.1) is 5.92 Å². The van der Waals surface area contributed by atoms with Gasteiger partial charge < -0.3 is 0 Å². The van der Waals surface area contributed by atoms with Crippen molar-refractivity contribution in [2.75, 3.05) is 0 Å². The number of benzene rings is 1. The van der Waals surface area contributed by atoms with Gasteiger partial charge in [-0.2, -0.15) is 0 Å². The van der Waals surface area contributed by atoms with Crippen LogP contribution >= 0.6 is 11.6 Å². The Morgan fingerprint density at radius 3 is 2.88 bits per heavy atom. The molecule has 0 aliphatic carbocycles. The van der Waals surface area contributed by atoms with Gasteiger partial charge in [0.05, 0.1) is 0 Å². The van der Waals surface area contributed by atoms with Crippen LogP contribution in [0.15, 0.2) is 30.6 Å². The van der Waals surface area contributed by atoms with E-state index in [4.69, 9.17) is 11.6 Å². The summed E-state index contributed by atoms with van der Waals surface area (Å²) in [6, 6.07) is 5.93. The Balaban J connectivity index is 2.44. The molecule has 0 amide bonds. The molecule has 1 aromatic carbocycles. The number of hydrogen-bond acceptors (Lipinski definition) is 1. The normalized spacial score (nSPS) is 11.0. The number of halogens is 1. The van der Waals surface area contributed by atoms with Gasteiger partial charge in [0.1, 0.15) is 0 Å². The summed E-state index contributed by atoms with van der Waals surface area (Å²) in [5.41, 5.74) is 2.34. The lowest BCUT2D eigenvalue weighted by Gasteiger charge is -2.08. The predicted molar refractivity (Wildman–Crippen MR) is 63.7 cm³/mol.